The van der Waals surface area contributed by atoms with E-state index in [9.17, 15) is 23.1 Å². The Morgan fingerprint density at radius 1 is 0.968 bits per heavy atom. The van der Waals surface area contributed by atoms with E-state index < -0.39 is 29.4 Å². The molecule has 0 radical (unpaired) electrons. The van der Waals surface area contributed by atoms with Gasteiger partial charge in [-0.2, -0.15) is 0 Å². The molecule has 0 unspecified atom stereocenters. The van der Waals surface area contributed by atoms with Crippen LogP contribution in [0.3, 0.4) is 0 Å². The van der Waals surface area contributed by atoms with Crippen molar-refractivity contribution < 1.29 is 23.1 Å². The lowest BCUT2D eigenvalue weighted by atomic mass is 10.0. The normalized spacial score (nSPS) is 12.1. The number of hydrogen-bond donors (Lipinski definition) is 3. The van der Waals surface area contributed by atoms with E-state index in [-0.39, 0.29) is 17.7 Å². The number of hydrogen-bond acceptors (Lipinski definition) is 2. The van der Waals surface area contributed by atoms with E-state index >= 15 is 0 Å². The highest BCUT2D eigenvalue weighted by Gasteiger charge is 2.17. The topological polar surface area (TPSA) is 65.1 Å². The minimum absolute atomic E-state index is 0.114. The Balaban J connectivity index is 1.53. The number of aliphatic hydroxyl groups is 1. The molecule has 1 amide bonds. The van der Waals surface area contributed by atoms with Crippen LogP contribution in [0.25, 0.3) is 22.0 Å². The zero-order chi connectivity index (χ0) is 22.0. The van der Waals surface area contributed by atoms with Crippen LogP contribution in [0, 0.1) is 17.5 Å². The zero-order valence-corrected chi connectivity index (χ0v) is 16.3. The van der Waals surface area contributed by atoms with Crippen LogP contribution >= 0.6 is 0 Å². The monoisotopic (exact) mass is 424 g/mol. The molecule has 0 aliphatic rings. The number of rotatable bonds is 6. The second kappa shape index (κ2) is 8.65. The van der Waals surface area contributed by atoms with Crippen molar-refractivity contribution in [3.63, 3.8) is 0 Å². The van der Waals surface area contributed by atoms with Gasteiger partial charge in [-0.25, -0.2) is 13.2 Å². The average Bonchev–Trinajstić information content (AvgIpc) is 3.19. The van der Waals surface area contributed by atoms with Crippen LogP contribution in [0.5, 0.6) is 0 Å². The highest BCUT2D eigenvalue weighted by atomic mass is 19.2. The average molecular weight is 424 g/mol. The van der Waals surface area contributed by atoms with Gasteiger partial charge in [-0.3, -0.25) is 4.79 Å². The molecule has 1 aromatic heterocycles. The molecule has 0 saturated heterocycles. The van der Waals surface area contributed by atoms with Gasteiger partial charge < -0.3 is 15.4 Å². The van der Waals surface area contributed by atoms with Crippen LogP contribution in [0.15, 0.2) is 66.9 Å². The van der Waals surface area contributed by atoms with Gasteiger partial charge in [0.1, 0.15) is 0 Å². The first-order valence-corrected chi connectivity index (χ1v) is 9.68. The molecule has 1 heterocycles. The number of fused-ring (bicyclic) bond motifs is 1. The number of amides is 1. The Hall–Kier alpha value is -3.58. The third kappa shape index (κ3) is 4.32. The van der Waals surface area contributed by atoms with Gasteiger partial charge in [0.25, 0.3) is 5.91 Å². The number of aromatic nitrogens is 1. The molecule has 1 atom stereocenters. The maximum absolute atomic E-state index is 13.6. The number of halogens is 3. The molecule has 4 aromatic rings. The lowest BCUT2D eigenvalue weighted by Crippen LogP contribution is -2.39. The Labute approximate surface area is 176 Å². The molecular formula is C24H19F3N2O2. The number of carbonyl (C=O) groups excluding carboxylic acids is 1. The highest BCUT2D eigenvalue weighted by molar-refractivity contribution is 5.95. The summed E-state index contributed by atoms with van der Waals surface area (Å²) in [5, 5.41) is 13.6. The molecule has 7 heteroatoms. The predicted octanol–water partition coefficient (Wildman–Crippen LogP) is 4.59. The minimum Gasteiger partial charge on any atom is -0.394 e. The summed E-state index contributed by atoms with van der Waals surface area (Å²) in [5.41, 5.74) is 2.65. The van der Waals surface area contributed by atoms with Gasteiger partial charge in [-0.15, -0.1) is 0 Å². The number of nitrogens with one attached hydrogen (secondary N) is 2. The van der Waals surface area contributed by atoms with E-state index in [2.05, 4.69) is 10.3 Å². The van der Waals surface area contributed by atoms with Crippen LogP contribution < -0.4 is 5.32 Å². The molecule has 0 aliphatic heterocycles. The minimum atomic E-state index is -1.54. The largest absolute Gasteiger partial charge is 0.394 e. The number of benzene rings is 3. The highest BCUT2D eigenvalue weighted by Crippen LogP contribution is 2.25. The molecule has 4 nitrogen and oxygen atoms in total. The molecule has 0 bridgehead atoms. The maximum atomic E-state index is 13.6. The Morgan fingerprint density at radius 2 is 1.71 bits per heavy atom. The van der Waals surface area contributed by atoms with Crippen molar-refractivity contribution in [2.24, 2.45) is 0 Å². The van der Waals surface area contributed by atoms with Crippen molar-refractivity contribution in [3.8, 4) is 11.1 Å². The van der Waals surface area contributed by atoms with Gasteiger partial charge in [-0.05, 0) is 53.4 Å². The molecule has 0 fully saturated rings. The zero-order valence-electron chi connectivity index (χ0n) is 16.3. The second-order valence-electron chi connectivity index (χ2n) is 7.25. The molecule has 0 saturated carbocycles. The summed E-state index contributed by atoms with van der Waals surface area (Å²) in [6.45, 7) is -0.265. The van der Waals surface area contributed by atoms with Gasteiger partial charge in [0.15, 0.2) is 17.5 Å². The van der Waals surface area contributed by atoms with Crippen LogP contribution in [0.2, 0.25) is 0 Å². The SMILES string of the molecule is O=C(N[C@@H](CO)Cc1c[nH]c2ccccc12)c1cccc(-c2cc(F)c(F)c(F)c2)c1. The van der Waals surface area contributed by atoms with E-state index in [1.807, 2.05) is 30.5 Å². The fourth-order valence-corrected chi connectivity index (χ4v) is 3.56. The first-order chi connectivity index (χ1) is 15.0. The summed E-state index contributed by atoms with van der Waals surface area (Å²) >= 11 is 0. The number of para-hydroxylation sites is 1. The summed E-state index contributed by atoms with van der Waals surface area (Å²) in [4.78, 5) is 15.9. The molecule has 3 aromatic carbocycles. The molecule has 4 rings (SSSR count). The smallest absolute Gasteiger partial charge is 0.251 e. The first kappa shape index (κ1) is 20.7. The standard InChI is InChI=1S/C24H19F3N2O2/c25-20-10-16(11-21(26)23(20)27)14-4-3-5-15(8-14)24(31)29-18(13-30)9-17-12-28-22-7-2-1-6-19(17)22/h1-8,10-12,18,28,30H,9,13H2,(H,29,31)/t18-/m1/s1. The van der Waals surface area contributed by atoms with Gasteiger partial charge in [0.2, 0.25) is 0 Å². The lowest BCUT2D eigenvalue weighted by Gasteiger charge is -2.16. The van der Waals surface area contributed by atoms with Crippen molar-refractivity contribution in [1.82, 2.24) is 10.3 Å². The summed E-state index contributed by atoms with van der Waals surface area (Å²) in [7, 11) is 0. The van der Waals surface area contributed by atoms with Crippen molar-refractivity contribution in [1.29, 1.82) is 0 Å². The van der Waals surface area contributed by atoms with Gasteiger partial charge >= 0.3 is 0 Å². The molecule has 158 valence electrons. The number of aromatic amines is 1. The first-order valence-electron chi connectivity index (χ1n) is 9.68. The van der Waals surface area contributed by atoms with Gasteiger partial charge in [0.05, 0.1) is 12.6 Å². The predicted molar refractivity (Wildman–Crippen MR) is 112 cm³/mol. The van der Waals surface area contributed by atoms with Crippen molar-refractivity contribution >= 4 is 16.8 Å². The third-order valence-electron chi connectivity index (χ3n) is 5.14. The molecule has 0 spiro atoms. The van der Waals surface area contributed by atoms with E-state index in [4.69, 9.17) is 0 Å². The summed E-state index contributed by atoms with van der Waals surface area (Å²) in [5.74, 6) is -4.59. The molecule has 3 N–H and O–H groups in total. The number of H-pyrrole nitrogens is 1. The van der Waals surface area contributed by atoms with E-state index in [0.717, 1.165) is 28.6 Å². The van der Waals surface area contributed by atoms with Crippen LogP contribution in [0.4, 0.5) is 13.2 Å². The van der Waals surface area contributed by atoms with E-state index in [1.165, 1.54) is 6.07 Å². The van der Waals surface area contributed by atoms with Gasteiger partial charge in [-0.1, -0.05) is 30.3 Å². The summed E-state index contributed by atoms with van der Waals surface area (Å²) in [6, 6.07) is 15.1. The van der Waals surface area contributed by atoms with Crippen LogP contribution in [-0.2, 0) is 6.42 Å². The third-order valence-corrected chi connectivity index (χ3v) is 5.14. The van der Waals surface area contributed by atoms with Crippen LogP contribution in [-0.4, -0.2) is 28.6 Å². The second-order valence-corrected chi connectivity index (χ2v) is 7.25. The fourth-order valence-electron chi connectivity index (χ4n) is 3.56. The number of carbonyl (C=O) groups is 1. The lowest BCUT2D eigenvalue weighted by molar-refractivity contribution is 0.0916. The quantitative estimate of drug-likeness (QED) is 0.397. The Kier molecular flexibility index (Phi) is 5.77. The maximum Gasteiger partial charge on any atom is 0.251 e. The summed E-state index contributed by atoms with van der Waals surface area (Å²) in [6.07, 6.45) is 2.26. The molecule has 0 aliphatic carbocycles. The van der Waals surface area contributed by atoms with Gasteiger partial charge in [0, 0.05) is 22.7 Å². The Bertz CT molecular complexity index is 1230. The van der Waals surface area contributed by atoms with Crippen LogP contribution in [0.1, 0.15) is 15.9 Å². The number of aliphatic hydroxyl groups excluding tert-OH is 1. The summed E-state index contributed by atoms with van der Waals surface area (Å²) < 4.78 is 40.4. The molecular weight excluding hydrogens is 405 g/mol. The fraction of sp³-hybridized carbons (Fsp3) is 0.125. The van der Waals surface area contributed by atoms with E-state index in [0.29, 0.717) is 12.0 Å². The van der Waals surface area contributed by atoms with Crippen molar-refractivity contribution in [2.45, 2.75) is 12.5 Å². The van der Waals surface area contributed by atoms with Crippen molar-refractivity contribution in [2.75, 3.05) is 6.61 Å². The Morgan fingerprint density at radius 3 is 2.45 bits per heavy atom. The van der Waals surface area contributed by atoms with E-state index in [1.54, 1.807) is 18.2 Å². The molecule has 31 heavy (non-hydrogen) atoms. The van der Waals surface area contributed by atoms with Crippen molar-refractivity contribution in [3.05, 3.63) is 95.4 Å².